The van der Waals surface area contributed by atoms with Crippen LogP contribution in [0.1, 0.15) is 30.1 Å². The van der Waals surface area contributed by atoms with E-state index in [1.807, 2.05) is 37.3 Å². The van der Waals surface area contributed by atoms with Crippen LogP contribution in [0.2, 0.25) is 0 Å². The molecule has 0 bridgehead atoms. The van der Waals surface area contributed by atoms with Crippen LogP contribution in [-0.2, 0) is 9.53 Å². The third-order valence-electron chi connectivity index (χ3n) is 5.43. The van der Waals surface area contributed by atoms with Crippen molar-refractivity contribution in [2.24, 2.45) is 0 Å². The van der Waals surface area contributed by atoms with Gasteiger partial charge in [-0.25, -0.2) is 10.3 Å². The van der Waals surface area contributed by atoms with Gasteiger partial charge in [0, 0.05) is 17.3 Å². The number of carbonyl (C=O) groups excluding carboxylic acids is 2. The maximum Gasteiger partial charge on any atom is 0.412 e. The number of hydroxylamine groups is 1. The molecule has 0 aliphatic rings. The molecule has 0 aliphatic carbocycles. The third-order valence-corrected chi connectivity index (χ3v) is 5.43. The first kappa shape index (κ1) is 27.1. The summed E-state index contributed by atoms with van der Waals surface area (Å²) in [6, 6.07) is 21.0. The summed E-state index contributed by atoms with van der Waals surface area (Å²) in [7, 11) is 1.44. The zero-order chi connectivity index (χ0) is 26.6. The number of carbonyl (C=O) groups is 2. The predicted octanol–water partition coefficient (Wildman–Crippen LogP) is 5.29. The van der Waals surface area contributed by atoms with Gasteiger partial charge in [-0.15, -0.1) is 0 Å². The Morgan fingerprint density at radius 3 is 2.41 bits per heavy atom. The van der Waals surface area contributed by atoms with Gasteiger partial charge in [0.2, 0.25) is 0 Å². The summed E-state index contributed by atoms with van der Waals surface area (Å²) in [5, 5.41) is 21.8. The molecule has 0 unspecified atom stereocenters. The van der Waals surface area contributed by atoms with Crippen molar-refractivity contribution in [2.45, 2.75) is 32.0 Å². The molecule has 3 aromatic rings. The summed E-state index contributed by atoms with van der Waals surface area (Å²) in [4.78, 5) is 24.3. The second kappa shape index (κ2) is 13.6. The fourth-order valence-corrected chi connectivity index (χ4v) is 3.58. The third kappa shape index (κ3) is 8.29. The second-order valence-electron chi connectivity index (χ2n) is 8.17. The molecule has 0 fully saturated rings. The number of allylic oxidation sites excluding steroid dienone is 1. The highest BCUT2D eigenvalue weighted by molar-refractivity contribution is 5.86. The van der Waals surface area contributed by atoms with Gasteiger partial charge in [-0.2, -0.15) is 0 Å². The summed E-state index contributed by atoms with van der Waals surface area (Å²) in [6.07, 6.45) is 1.11. The average Bonchev–Trinajstić information content (AvgIpc) is 2.90. The number of benzene rings is 3. The molecule has 0 saturated carbocycles. The highest BCUT2D eigenvalue weighted by Crippen LogP contribution is 2.34. The van der Waals surface area contributed by atoms with E-state index in [1.54, 1.807) is 42.5 Å². The van der Waals surface area contributed by atoms with Crippen LogP contribution in [0.25, 0.3) is 0 Å². The number of hydrogen-bond donors (Lipinski definition) is 4. The molecule has 2 atom stereocenters. The SMILES string of the molecule is COc1ccc([C@@H](OC(=O)Nc2ccc(C)cc2)[C@@H](CC/C=C/C(=O)NO)Oc2ccccc2)cc1O. The lowest BCUT2D eigenvalue weighted by Crippen LogP contribution is -2.31. The number of para-hydroxylation sites is 1. The Hall–Kier alpha value is -4.50. The first-order valence-electron chi connectivity index (χ1n) is 11.6. The normalized spacial score (nSPS) is 12.4. The first-order chi connectivity index (χ1) is 17.9. The Labute approximate surface area is 215 Å². The maximum absolute atomic E-state index is 12.9. The van der Waals surface area contributed by atoms with Crippen molar-refractivity contribution in [1.82, 2.24) is 5.48 Å². The zero-order valence-corrected chi connectivity index (χ0v) is 20.6. The molecule has 194 valence electrons. The number of phenols is 1. The number of methoxy groups -OCH3 is 1. The van der Waals surface area contributed by atoms with Crippen molar-refractivity contribution in [3.63, 3.8) is 0 Å². The summed E-state index contributed by atoms with van der Waals surface area (Å²) < 4.78 is 17.2. The molecule has 0 aliphatic heterocycles. The molecule has 3 aromatic carbocycles. The highest BCUT2D eigenvalue weighted by Gasteiger charge is 2.30. The largest absolute Gasteiger partial charge is 0.504 e. The molecule has 0 radical (unpaired) electrons. The van der Waals surface area contributed by atoms with Gasteiger partial charge in [0.25, 0.3) is 5.91 Å². The van der Waals surface area contributed by atoms with Crippen LogP contribution >= 0.6 is 0 Å². The molecular weight excluding hydrogens is 476 g/mol. The molecule has 3 rings (SSSR count). The van der Waals surface area contributed by atoms with E-state index in [2.05, 4.69) is 5.32 Å². The van der Waals surface area contributed by atoms with Crippen LogP contribution in [0.4, 0.5) is 10.5 Å². The Kier molecular flexibility index (Phi) is 9.92. The standard InChI is InChI=1S/C28H30N2O7/c1-19-12-15-21(16-13-19)29-28(33)37-27(20-14-17-24(35-2)23(31)18-20)25(10-6-7-11-26(32)30-34)36-22-8-4-3-5-9-22/h3-5,7-9,11-18,25,27,31,34H,6,10H2,1-2H3,(H,29,33)(H,30,32)/b11-7+/t25-,27-/m1/s1. The van der Waals surface area contributed by atoms with E-state index in [0.29, 0.717) is 29.8 Å². The number of amides is 2. The minimum absolute atomic E-state index is 0.120. The van der Waals surface area contributed by atoms with E-state index in [9.17, 15) is 14.7 Å². The number of anilines is 1. The van der Waals surface area contributed by atoms with Gasteiger partial charge in [0.05, 0.1) is 7.11 Å². The van der Waals surface area contributed by atoms with Gasteiger partial charge >= 0.3 is 6.09 Å². The molecule has 9 heteroatoms. The van der Waals surface area contributed by atoms with Crippen LogP contribution < -0.4 is 20.3 Å². The lowest BCUT2D eigenvalue weighted by Gasteiger charge is -2.28. The highest BCUT2D eigenvalue weighted by atomic mass is 16.6. The molecule has 9 nitrogen and oxygen atoms in total. The van der Waals surface area contributed by atoms with E-state index >= 15 is 0 Å². The van der Waals surface area contributed by atoms with Gasteiger partial charge in [-0.1, -0.05) is 48.0 Å². The number of hydrogen-bond acceptors (Lipinski definition) is 7. The molecule has 4 N–H and O–H groups in total. The molecular formula is C28H30N2O7. The minimum atomic E-state index is -0.942. The van der Waals surface area contributed by atoms with Gasteiger partial charge in [-0.3, -0.25) is 15.3 Å². The van der Waals surface area contributed by atoms with E-state index in [-0.39, 0.29) is 11.5 Å². The van der Waals surface area contributed by atoms with Gasteiger partial charge in [0.15, 0.2) is 17.6 Å². The van der Waals surface area contributed by atoms with Gasteiger partial charge in [0.1, 0.15) is 11.9 Å². The van der Waals surface area contributed by atoms with Gasteiger partial charge < -0.3 is 19.3 Å². The summed E-state index contributed by atoms with van der Waals surface area (Å²) in [5.74, 6) is 0.0383. The Bertz CT molecular complexity index is 1200. The number of aryl methyl sites for hydroxylation is 1. The predicted molar refractivity (Wildman–Crippen MR) is 138 cm³/mol. The molecule has 0 saturated heterocycles. The van der Waals surface area contributed by atoms with Crippen molar-refractivity contribution in [2.75, 3.05) is 12.4 Å². The number of ether oxygens (including phenoxy) is 3. The van der Waals surface area contributed by atoms with Crippen molar-refractivity contribution in [3.8, 4) is 17.2 Å². The van der Waals surface area contributed by atoms with E-state index < -0.39 is 24.2 Å². The number of phenolic OH excluding ortho intramolecular Hbond substituents is 1. The van der Waals surface area contributed by atoms with Crippen LogP contribution in [-0.4, -0.2) is 35.5 Å². The number of nitrogens with one attached hydrogen (secondary N) is 2. The molecule has 0 heterocycles. The Morgan fingerprint density at radius 1 is 1.03 bits per heavy atom. The fraction of sp³-hybridized carbons (Fsp3) is 0.214. The summed E-state index contributed by atoms with van der Waals surface area (Å²) >= 11 is 0. The fourth-order valence-electron chi connectivity index (χ4n) is 3.58. The minimum Gasteiger partial charge on any atom is -0.504 e. The summed E-state index contributed by atoms with van der Waals surface area (Å²) in [6.45, 7) is 1.94. The quantitative estimate of drug-likeness (QED) is 0.158. The van der Waals surface area contributed by atoms with E-state index in [4.69, 9.17) is 19.4 Å². The van der Waals surface area contributed by atoms with Crippen LogP contribution in [0.3, 0.4) is 0 Å². The van der Waals surface area contributed by atoms with E-state index in [1.165, 1.54) is 24.7 Å². The lowest BCUT2D eigenvalue weighted by molar-refractivity contribution is -0.124. The smallest absolute Gasteiger partial charge is 0.412 e. The molecule has 0 spiro atoms. The van der Waals surface area contributed by atoms with Crippen LogP contribution in [0, 0.1) is 6.92 Å². The van der Waals surface area contributed by atoms with Crippen molar-refractivity contribution < 1.29 is 34.1 Å². The molecule has 37 heavy (non-hydrogen) atoms. The van der Waals surface area contributed by atoms with Gasteiger partial charge in [-0.05, 0) is 56.2 Å². The second-order valence-corrected chi connectivity index (χ2v) is 8.17. The molecule has 0 aromatic heterocycles. The van der Waals surface area contributed by atoms with Crippen LogP contribution in [0.5, 0.6) is 17.2 Å². The van der Waals surface area contributed by atoms with Crippen molar-refractivity contribution in [3.05, 3.63) is 96.1 Å². The zero-order valence-electron chi connectivity index (χ0n) is 20.6. The first-order valence-corrected chi connectivity index (χ1v) is 11.6. The van der Waals surface area contributed by atoms with Crippen molar-refractivity contribution >= 4 is 17.7 Å². The maximum atomic E-state index is 12.9. The van der Waals surface area contributed by atoms with Crippen LogP contribution in [0.15, 0.2) is 84.9 Å². The average molecular weight is 507 g/mol. The van der Waals surface area contributed by atoms with E-state index in [0.717, 1.165) is 5.56 Å². The van der Waals surface area contributed by atoms with Crippen molar-refractivity contribution in [1.29, 1.82) is 0 Å². The number of rotatable bonds is 11. The Morgan fingerprint density at radius 2 is 1.76 bits per heavy atom. The topological polar surface area (TPSA) is 126 Å². The molecule has 2 amide bonds. The monoisotopic (exact) mass is 506 g/mol. The Balaban J connectivity index is 1.91. The number of aromatic hydroxyl groups is 1. The lowest BCUT2D eigenvalue weighted by atomic mass is 9.99. The summed E-state index contributed by atoms with van der Waals surface area (Å²) in [5.41, 5.74) is 3.63.